The third-order valence-electron chi connectivity index (χ3n) is 13.7. The largest absolute Gasteiger partial charge is 0.309 e. The maximum absolute atomic E-state index is 9.79. The molecule has 76 heavy (non-hydrogen) atoms. The molecule has 356 valence electrons. The molecule has 0 spiro atoms. The van der Waals surface area contributed by atoms with Gasteiger partial charge in [0.15, 0.2) is 8.07 Å². The van der Waals surface area contributed by atoms with Crippen LogP contribution >= 0.6 is 0 Å². The van der Waals surface area contributed by atoms with Gasteiger partial charge in [-0.25, -0.2) is 4.98 Å². The molecule has 4 heterocycles. The van der Waals surface area contributed by atoms with Crippen LogP contribution in [-0.4, -0.2) is 31.7 Å². The lowest BCUT2D eigenvalue weighted by atomic mass is 10.1. The summed E-state index contributed by atoms with van der Waals surface area (Å²) in [4.78, 5) is 10.3. The van der Waals surface area contributed by atoms with Gasteiger partial charge < -0.3 is 4.57 Å². The molecule has 0 atom stereocenters. The van der Waals surface area contributed by atoms with E-state index in [1.165, 1.54) is 16.7 Å². The number of benzene rings is 11. The number of rotatable bonds is 9. The summed E-state index contributed by atoms with van der Waals surface area (Å²) in [6.07, 6.45) is 0. The predicted octanol–water partition coefficient (Wildman–Crippen LogP) is 14.5. The molecule has 0 radical (unpaired) electrons. The molecule has 0 amide bonds. The minimum atomic E-state index is -4.27. The summed E-state index contributed by atoms with van der Waals surface area (Å²) in [5.41, 5.74) is -3.69. The molecule has 0 aliphatic rings. The molecule has 0 N–H and O–H groups in total. The van der Waals surface area contributed by atoms with Gasteiger partial charge in [0.05, 0.1) is 84.2 Å². The van der Waals surface area contributed by atoms with Crippen LogP contribution in [-0.2, 0) is 0 Å². The van der Waals surface area contributed by atoms with Crippen molar-refractivity contribution in [3.8, 4) is 39.8 Å². The molecule has 15 aromatic rings. The highest BCUT2D eigenvalue weighted by Gasteiger charge is 2.42. The lowest BCUT2D eigenvalue weighted by Crippen LogP contribution is -2.74. The standard InChI is InChI=1S/C70H47N5Si/c1-4-23-48(24-5-1)49-25-22-30-52(45-49)76(50-26-6-2-7-27-50,51-28-8-3-9-29-51)53-43-44-68(73-62-37-16-10-31-54(62)55-32-11-17-38-63(55)73)60(46-53)61-47-69(74-64-39-18-12-33-56(64)57-34-13-19-40-65(57)74)72-70(71-61)75-66-41-20-14-35-58(66)59-36-15-21-42-67(59)75/h1-47H/i1D,4D,5D,10D,11D,12D,13D,14D,15D,16D,17D,18D,19D,20D,21D,23D,24D,31D,32D,33D,34D,35D,36D,37D,38D,39D,40D,41D,42D. The van der Waals surface area contributed by atoms with Crippen LogP contribution in [0, 0.1) is 0 Å². The number of hydrogen-bond acceptors (Lipinski definition) is 2. The van der Waals surface area contributed by atoms with E-state index in [0.717, 1.165) is 9.13 Å². The minimum absolute atomic E-state index is 0.149. The minimum Gasteiger partial charge on any atom is -0.309 e. The molecule has 0 fully saturated rings. The monoisotopic (exact) mass is 1010 g/mol. The summed E-state index contributed by atoms with van der Waals surface area (Å²) in [5, 5.41) is -0.417. The van der Waals surface area contributed by atoms with Crippen molar-refractivity contribution < 1.29 is 39.8 Å². The highest BCUT2D eigenvalue weighted by Crippen LogP contribution is 2.39. The summed E-state index contributed by atoms with van der Waals surface area (Å²) in [7, 11) is -4.27. The molecule has 5 nitrogen and oxygen atoms in total. The SMILES string of the molecule is [2H]c1c([2H])c([2H])c(-c2cccc([Si](c3ccccc3)(c3ccccc3)c3ccc(-n4c5c([2H])c([2H])c([2H])c([2H])c5c5c([2H])c([2H])c([2H])c([2H])c54)c(-c4cc(-n5c6c([2H])c([2H])c([2H])c([2H])c6c6c([2H])c([2H])c([2H])c([2H])c65)nc(-n5c6c([2H])c([2H])c([2H])c([2H])c6c6c([2H])c([2H])c([2H])c([2H])c65)n4)c3)c2)c([2H])c1[2H]. The van der Waals surface area contributed by atoms with Crippen LogP contribution in [0.25, 0.3) is 105 Å². The van der Waals surface area contributed by atoms with E-state index < -0.39 is 255 Å². The molecule has 15 rings (SSSR count). The van der Waals surface area contributed by atoms with Crippen LogP contribution in [0.5, 0.6) is 0 Å². The van der Waals surface area contributed by atoms with E-state index in [1.54, 1.807) is 72.8 Å². The van der Waals surface area contributed by atoms with Gasteiger partial charge in [0, 0.05) is 43.9 Å². The average molecular weight is 1020 g/mol. The van der Waals surface area contributed by atoms with Crippen molar-refractivity contribution in [2.24, 2.45) is 0 Å². The molecule has 0 bridgehead atoms. The highest BCUT2D eigenvalue weighted by molar-refractivity contribution is 7.20. The second kappa shape index (κ2) is 17.7. The summed E-state index contributed by atoms with van der Waals surface area (Å²) >= 11 is 0. The number of aromatic nitrogens is 5. The Labute approximate surface area is 481 Å². The number of nitrogens with zero attached hydrogens (tertiary/aromatic N) is 5. The Morgan fingerprint density at radius 1 is 0.316 bits per heavy atom. The van der Waals surface area contributed by atoms with Gasteiger partial charge in [0.2, 0.25) is 5.95 Å². The van der Waals surface area contributed by atoms with Crippen LogP contribution in [0.15, 0.2) is 284 Å². The number of hydrogen-bond donors (Lipinski definition) is 0. The van der Waals surface area contributed by atoms with E-state index in [-0.39, 0.29) is 33.2 Å². The van der Waals surface area contributed by atoms with Gasteiger partial charge in [-0.1, -0.05) is 236 Å². The van der Waals surface area contributed by atoms with Gasteiger partial charge in [0.1, 0.15) is 5.82 Å². The predicted molar refractivity (Wildman–Crippen MR) is 320 cm³/mol. The summed E-state index contributed by atoms with van der Waals surface area (Å²) in [5.74, 6) is -1.32. The van der Waals surface area contributed by atoms with Gasteiger partial charge in [-0.15, -0.1) is 0 Å². The lowest BCUT2D eigenvalue weighted by Gasteiger charge is -2.35. The Morgan fingerprint density at radius 3 is 1.24 bits per heavy atom. The molecular weight excluding hydrogens is 939 g/mol. The van der Waals surface area contributed by atoms with E-state index in [2.05, 4.69) is 0 Å². The Kier molecular flexibility index (Phi) is 5.47. The van der Waals surface area contributed by atoms with Gasteiger partial charge >= 0.3 is 0 Å². The highest BCUT2D eigenvalue weighted by atomic mass is 28.3. The van der Waals surface area contributed by atoms with Crippen molar-refractivity contribution in [2.45, 2.75) is 0 Å². The fourth-order valence-corrected chi connectivity index (χ4v) is 15.4. The molecule has 11 aromatic carbocycles. The van der Waals surface area contributed by atoms with E-state index in [4.69, 9.17) is 27.8 Å². The average Bonchev–Trinajstić information content (AvgIpc) is 1.56. The van der Waals surface area contributed by atoms with E-state index in [0.29, 0.717) is 20.7 Å². The first-order chi connectivity index (χ1) is 49.7. The van der Waals surface area contributed by atoms with Crippen LogP contribution < -0.4 is 20.7 Å². The number of fused-ring (bicyclic) bond motifs is 9. The van der Waals surface area contributed by atoms with Crippen LogP contribution in [0.4, 0.5) is 0 Å². The molecule has 0 saturated carbocycles. The van der Waals surface area contributed by atoms with Crippen molar-refractivity contribution in [3.05, 3.63) is 284 Å². The fourth-order valence-electron chi connectivity index (χ4n) is 10.6. The normalized spacial score (nSPS) is 17.3. The van der Waals surface area contributed by atoms with Crippen molar-refractivity contribution in [1.29, 1.82) is 0 Å². The fraction of sp³-hybridized carbons (Fsp3) is 0. The first-order valence-electron chi connectivity index (χ1n) is 38.1. The second-order valence-corrected chi connectivity index (χ2v) is 21.4. The van der Waals surface area contributed by atoms with E-state index >= 15 is 0 Å². The van der Waals surface area contributed by atoms with Crippen LogP contribution in [0.3, 0.4) is 0 Å². The first kappa shape index (κ1) is 23.5. The van der Waals surface area contributed by atoms with E-state index in [1.807, 2.05) is 24.3 Å². The zero-order valence-electron chi connectivity index (χ0n) is 68.1. The molecule has 0 aliphatic carbocycles. The van der Waals surface area contributed by atoms with E-state index in [9.17, 15) is 21.9 Å². The molecule has 0 aliphatic heterocycles. The summed E-state index contributed by atoms with van der Waals surface area (Å²) in [6.45, 7) is 0. The smallest absolute Gasteiger partial charge is 0.237 e. The third-order valence-corrected chi connectivity index (χ3v) is 18.4. The Morgan fingerprint density at radius 2 is 0.737 bits per heavy atom. The second-order valence-electron chi connectivity index (χ2n) is 17.6. The van der Waals surface area contributed by atoms with Gasteiger partial charge in [-0.3, -0.25) is 9.13 Å². The zero-order chi connectivity index (χ0) is 75.4. The number of para-hydroxylation sites is 6. The van der Waals surface area contributed by atoms with Gasteiger partial charge in [-0.2, -0.15) is 4.98 Å². The summed E-state index contributed by atoms with van der Waals surface area (Å²) < 4.78 is 271. The molecule has 0 saturated heterocycles. The van der Waals surface area contributed by atoms with Crippen LogP contribution in [0.1, 0.15) is 39.8 Å². The first-order valence-corrected chi connectivity index (χ1v) is 25.6. The Balaban J connectivity index is 1.23. The van der Waals surface area contributed by atoms with Gasteiger partial charge in [0.25, 0.3) is 0 Å². The molecular formula is C70H47N5Si. The maximum atomic E-state index is 9.79. The Hall–Kier alpha value is -9.88. The molecule has 6 heteroatoms. The molecule has 4 aromatic heterocycles. The van der Waals surface area contributed by atoms with Crippen molar-refractivity contribution in [3.63, 3.8) is 0 Å². The van der Waals surface area contributed by atoms with Crippen molar-refractivity contribution >= 4 is 94.2 Å². The topological polar surface area (TPSA) is 40.6 Å². The lowest BCUT2D eigenvalue weighted by molar-refractivity contribution is 0.951. The quantitative estimate of drug-likeness (QED) is 0.107. The van der Waals surface area contributed by atoms with Crippen LogP contribution in [0.2, 0.25) is 0 Å². The van der Waals surface area contributed by atoms with Crippen molar-refractivity contribution in [1.82, 2.24) is 23.7 Å². The maximum Gasteiger partial charge on any atom is 0.237 e. The Bertz CT molecular complexity index is 6000. The molecule has 0 unspecified atom stereocenters. The summed E-state index contributed by atoms with van der Waals surface area (Å²) in [6, 6.07) is 8.62. The third kappa shape index (κ3) is 6.71. The zero-order valence-corrected chi connectivity index (χ0v) is 40.1. The van der Waals surface area contributed by atoms with Crippen molar-refractivity contribution in [2.75, 3.05) is 0 Å². The van der Waals surface area contributed by atoms with Gasteiger partial charge in [-0.05, 0) is 74.2 Å².